The summed E-state index contributed by atoms with van der Waals surface area (Å²) in [4.78, 5) is 2.08. The zero-order valence-electron chi connectivity index (χ0n) is 11.7. The first kappa shape index (κ1) is 15.7. The van der Waals surface area contributed by atoms with E-state index in [2.05, 4.69) is 4.90 Å². The van der Waals surface area contributed by atoms with Crippen LogP contribution in [0.5, 0.6) is 0 Å². The van der Waals surface area contributed by atoms with Crippen molar-refractivity contribution < 1.29 is 13.5 Å². The van der Waals surface area contributed by atoms with Crippen LogP contribution in [0.4, 0.5) is 5.69 Å². The first-order valence-electron chi connectivity index (χ1n) is 6.47. The first-order chi connectivity index (χ1) is 9.18. The van der Waals surface area contributed by atoms with Gasteiger partial charge < -0.3 is 10.8 Å². The van der Waals surface area contributed by atoms with E-state index in [9.17, 15) is 13.5 Å². The van der Waals surface area contributed by atoms with Crippen LogP contribution in [-0.4, -0.2) is 61.1 Å². The summed E-state index contributed by atoms with van der Waals surface area (Å²) >= 11 is 1.15. The smallest absolute Gasteiger partial charge is 0.252 e. The number of aliphatic hydroxyl groups is 1. The molecule has 1 aromatic heterocycles. The number of β-amino-alcohol motifs (C(OH)–C–C–N with tert-alkyl or cyclic N) is 1. The Kier molecular flexibility index (Phi) is 4.41. The molecule has 6 nitrogen and oxygen atoms in total. The standard InChI is InChI=1S/C12H21N3O3S2/c1-12(2,16)9-14-3-5-15(6-4-14)20(17,18)11-7-10(13)8-19-11/h7-8,16H,3-6,9,13H2,1-2H3. The van der Waals surface area contributed by atoms with Gasteiger partial charge in [-0.2, -0.15) is 4.31 Å². The molecule has 3 N–H and O–H groups in total. The number of sulfonamides is 1. The number of nitrogens with two attached hydrogens (primary N) is 1. The van der Waals surface area contributed by atoms with E-state index in [1.807, 2.05) is 0 Å². The van der Waals surface area contributed by atoms with Gasteiger partial charge in [0.25, 0.3) is 10.0 Å². The van der Waals surface area contributed by atoms with E-state index >= 15 is 0 Å². The summed E-state index contributed by atoms with van der Waals surface area (Å²) in [6.07, 6.45) is 0. The molecule has 0 bridgehead atoms. The number of hydrogen-bond donors (Lipinski definition) is 2. The fourth-order valence-electron chi connectivity index (χ4n) is 2.27. The highest BCUT2D eigenvalue weighted by Crippen LogP contribution is 2.26. The lowest BCUT2D eigenvalue weighted by Crippen LogP contribution is -2.51. The molecule has 1 saturated heterocycles. The number of nitrogens with zero attached hydrogens (tertiary/aromatic N) is 2. The van der Waals surface area contributed by atoms with Crippen molar-refractivity contribution in [3.63, 3.8) is 0 Å². The molecule has 2 rings (SSSR count). The van der Waals surface area contributed by atoms with Crippen LogP contribution in [-0.2, 0) is 10.0 Å². The van der Waals surface area contributed by atoms with Crippen molar-refractivity contribution >= 4 is 27.0 Å². The van der Waals surface area contributed by atoms with Gasteiger partial charge in [0.2, 0.25) is 0 Å². The van der Waals surface area contributed by atoms with Gasteiger partial charge in [-0.3, -0.25) is 4.90 Å². The average molecular weight is 319 g/mol. The Morgan fingerprint density at radius 2 is 1.95 bits per heavy atom. The minimum Gasteiger partial charge on any atom is -0.398 e. The predicted molar refractivity (Wildman–Crippen MR) is 80.2 cm³/mol. The highest BCUT2D eigenvalue weighted by Gasteiger charge is 2.30. The Morgan fingerprint density at radius 1 is 1.35 bits per heavy atom. The molecule has 114 valence electrons. The van der Waals surface area contributed by atoms with Crippen molar-refractivity contribution in [3.8, 4) is 0 Å². The summed E-state index contributed by atoms with van der Waals surface area (Å²) in [5.41, 5.74) is 5.31. The van der Waals surface area contributed by atoms with Gasteiger partial charge in [-0.15, -0.1) is 11.3 Å². The summed E-state index contributed by atoms with van der Waals surface area (Å²) in [6.45, 7) is 6.20. The number of thiophene rings is 1. The SMILES string of the molecule is CC(C)(O)CN1CCN(S(=O)(=O)c2cc(N)cs2)CC1. The monoisotopic (exact) mass is 319 g/mol. The van der Waals surface area contributed by atoms with Crippen LogP contribution in [0.25, 0.3) is 0 Å². The third-order valence-corrected chi connectivity index (χ3v) is 6.46. The maximum atomic E-state index is 12.4. The second-order valence-electron chi connectivity index (χ2n) is 5.69. The lowest BCUT2D eigenvalue weighted by Gasteiger charge is -2.36. The molecule has 1 aliphatic rings. The molecule has 0 radical (unpaired) electrons. The average Bonchev–Trinajstić information content (AvgIpc) is 2.75. The molecule has 20 heavy (non-hydrogen) atoms. The largest absolute Gasteiger partial charge is 0.398 e. The number of hydrogen-bond acceptors (Lipinski definition) is 6. The fourth-order valence-corrected chi connectivity index (χ4v) is 4.92. The minimum atomic E-state index is -3.43. The second-order valence-corrected chi connectivity index (χ2v) is 8.77. The molecule has 0 aromatic carbocycles. The van der Waals surface area contributed by atoms with Crippen LogP contribution in [0.1, 0.15) is 13.8 Å². The first-order valence-corrected chi connectivity index (χ1v) is 8.79. The van der Waals surface area contributed by atoms with Crippen molar-refractivity contribution in [2.75, 3.05) is 38.5 Å². The van der Waals surface area contributed by atoms with Crippen LogP contribution in [0.3, 0.4) is 0 Å². The van der Waals surface area contributed by atoms with E-state index in [4.69, 9.17) is 5.73 Å². The molecule has 1 fully saturated rings. The molecule has 0 aliphatic carbocycles. The van der Waals surface area contributed by atoms with E-state index in [-0.39, 0.29) is 0 Å². The Morgan fingerprint density at radius 3 is 2.40 bits per heavy atom. The molecule has 0 saturated carbocycles. The topological polar surface area (TPSA) is 86.9 Å². The van der Waals surface area contributed by atoms with Gasteiger partial charge in [-0.05, 0) is 19.9 Å². The van der Waals surface area contributed by atoms with Gasteiger partial charge in [-0.25, -0.2) is 8.42 Å². The van der Waals surface area contributed by atoms with E-state index in [1.165, 1.54) is 10.4 Å². The third kappa shape index (κ3) is 3.70. The Bertz CT molecular complexity index is 555. The van der Waals surface area contributed by atoms with Crippen LogP contribution in [0, 0.1) is 0 Å². The van der Waals surface area contributed by atoms with Gasteiger partial charge in [0.1, 0.15) is 4.21 Å². The number of anilines is 1. The number of rotatable bonds is 4. The highest BCUT2D eigenvalue weighted by molar-refractivity contribution is 7.91. The second kappa shape index (κ2) is 5.61. The summed E-state index contributed by atoms with van der Waals surface area (Å²) in [6, 6.07) is 1.50. The lowest BCUT2D eigenvalue weighted by atomic mass is 10.1. The van der Waals surface area contributed by atoms with E-state index in [0.29, 0.717) is 42.6 Å². The maximum Gasteiger partial charge on any atom is 0.252 e. The van der Waals surface area contributed by atoms with Crippen LogP contribution >= 0.6 is 11.3 Å². The molecule has 0 atom stereocenters. The molecular formula is C12H21N3O3S2. The van der Waals surface area contributed by atoms with E-state index in [0.717, 1.165) is 11.3 Å². The molecule has 1 aromatic rings. The lowest BCUT2D eigenvalue weighted by molar-refractivity contribution is 0.0263. The van der Waals surface area contributed by atoms with Crippen molar-refractivity contribution in [1.29, 1.82) is 0 Å². The Balaban J connectivity index is 2.00. The van der Waals surface area contributed by atoms with Gasteiger partial charge in [-0.1, -0.05) is 0 Å². The molecule has 0 unspecified atom stereocenters. The van der Waals surface area contributed by atoms with Crippen LogP contribution in [0.15, 0.2) is 15.7 Å². The van der Waals surface area contributed by atoms with Crippen molar-refractivity contribution in [1.82, 2.24) is 9.21 Å². The van der Waals surface area contributed by atoms with Crippen molar-refractivity contribution in [3.05, 3.63) is 11.4 Å². The van der Waals surface area contributed by atoms with Crippen LogP contribution < -0.4 is 5.73 Å². The molecule has 0 amide bonds. The predicted octanol–water partition coefficient (Wildman–Crippen LogP) is 0.408. The normalized spacial score (nSPS) is 19.4. The van der Waals surface area contributed by atoms with E-state index < -0.39 is 15.6 Å². The fraction of sp³-hybridized carbons (Fsp3) is 0.667. The Hall–Kier alpha value is -0.670. The van der Waals surface area contributed by atoms with Gasteiger partial charge >= 0.3 is 0 Å². The molecule has 2 heterocycles. The summed E-state index contributed by atoms with van der Waals surface area (Å²) in [5, 5.41) is 11.4. The molecular weight excluding hydrogens is 298 g/mol. The molecule has 1 aliphatic heterocycles. The molecule has 0 spiro atoms. The third-order valence-electron chi connectivity index (χ3n) is 3.13. The van der Waals surface area contributed by atoms with Crippen molar-refractivity contribution in [2.24, 2.45) is 0 Å². The maximum absolute atomic E-state index is 12.4. The Labute approximate surface area is 123 Å². The number of piperazine rings is 1. The zero-order valence-corrected chi connectivity index (χ0v) is 13.4. The van der Waals surface area contributed by atoms with Crippen molar-refractivity contribution in [2.45, 2.75) is 23.7 Å². The summed E-state index contributed by atoms with van der Waals surface area (Å²) in [5.74, 6) is 0. The molecule has 8 heteroatoms. The van der Waals surface area contributed by atoms with Gasteiger partial charge in [0.15, 0.2) is 0 Å². The number of nitrogen functional groups attached to an aromatic ring is 1. The summed E-state index contributed by atoms with van der Waals surface area (Å²) < 4.78 is 26.6. The van der Waals surface area contributed by atoms with E-state index in [1.54, 1.807) is 19.2 Å². The quantitative estimate of drug-likeness (QED) is 0.839. The van der Waals surface area contributed by atoms with Crippen LogP contribution in [0.2, 0.25) is 0 Å². The highest BCUT2D eigenvalue weighted by atomic mass is 32.2. The summed E-state index contributed by atoms with van der Waals surface area (Å²) in [7, 11) is -3.43. The zero-order chi connectivity index (χ0) is 15.0. The van der Waals surface area contributed by atoms with Gasteiger partial charge in [0.05, 0.1) is 5.60 Å². The minimum absolute atomic E-state index is 0.297. The van der Waals surface area contributed by atoms with Gasteiger partial charge in [0, 0.05) is 43.8 Å².